The standard InChI is InChI=1S/C11H14N4OS/c1-16-6-7-17-10-8-4-2-3-5-9(8)13-11(14-10)15-12/h2-5H,6-7,12H2,1H3,(H,13,14,15). The highest BCUT2D eigenvalue weighted by Crippen LogP contribution is 2.25. The summed E-state index contributed by atoms with van der Waals surface area (Å²) in [6, 6.07) is 7.86. The maximum absolute atomic E-state index is 5.36. The maximum atomic E-state index is 5.36. The molecule has 5 nitrogen and oxygen atoms in total. The predicted molar refractivity (Wildman–Crippen MR) is 69.9 cm³/mol. The van der Waals surface area contributed by atoms with Crippen LogP contribution in [0, 0.1) is 0 Å². The number of rotatable bonds is 5. The van der Waals surface area contributed by atoms with Crippen molar-refractivity contribution >= 4 is 28.6 Å². The molecule has 0 saturated carbocycles. The number of nitrogen functional groups attached to an aromatic ring is 1. The Morgan fingerprint density at radius 2 is 2.18 bits per heavy atom. The van der Waals surface area contributed by atoms with E-state index in [9.17, 15) is 0 Å². The zero-order valence-corrected chi connectivity index (χ0v) is 10.3. The summed E-state index contributed by atoms with van der Waals surface area (Å²) in [6.45, 7) is 0.689. The quantitative estimate of drug-likeness (QED) is 0.276. The van der Waals surface area contributed by atoms with E-state index in [1.165, 1.54) is 0 Å². The Labute approximate surface area is 104 Å². The van der Waals surface area contributed by atoms with E-state index < -0.39 is 0 Å². The molecule has 0 spiro atoms. The summed E-state index contributed by atoms with van der Waals surface area (Å²) in [5.74, 6) is 6.64. The third-order valence-electron chi connectivity index (χ3n) is 2.22. The van der Waals surface area contributed by atoms with Crippen molar-refractivity contribution in [1.82, 2.24) is 9.97 Å². The van der Waals surface area contributed by atoms with Crippen LogP contribution in [0.1, 0.15) is 0 Å². The van der Waals surface area contributed by atoms with Gasteiger partial charge in [-0.3, -0.25) is 5.43 Å². The number of hydrogen-bond acceptors (Lipinski definition) is 6. The van der Waals surface area contributed by atoms with E-state index in [0.29, 0.717) is 12.6 Å². The number of benzene rings is 1. The number of fused-ring (bicyclic) bond motifs is 1. The number of thioether (sulfide) groups is 1. The molecule has 0 aliphatic carbocycles. The van der Waals surface area contributed by atoms with E-state index >= 15 is 0 Å². The van der Waals surface area contributed by atoms with Crippen LogP contribution >= 0.6 is 11.8 Å². The van der Waals surface area contributed by atoms with Crippen LogP contribution in [0.4, 0.5) is 5.95 Å². The Balaban J connectivity index is 2.36. The molecule has 0 bridgehead atoms. The van der Waals surface area contributed by atoms with Crippen molar-refractivity contribution in [2.75, 3.05) is 24.9 Å². The molecule has 6 heteroatoms. The summed E-state index contributed by atoms with van der Waals surface area (Å²) in [7, 11) is 1.69. The third kappa shape index (κ3) is 2.85. The fourth-order valence-corrected chi connectivity index (χ4v) is 2.37. The minimum atomic E-state index is 0.434. The summed E-state index contributed by atoms with van der Waals surface area (Å²) in [6.07, 6.45) is 0. The highest BCUT2D eigenvalue weighted by atomic mass is 32.2. The number of nitrogens with zero attached hydrogens (tertiary/aromatic N) is 2. The first kappa shape index (κ1) is 12.1. The lowest BCUT2D eigenvalue weighted by Gasteiger charge is -2.07. The number of nitrogens with two attached hydrogens (primary N) is 1. The molecule has 2 rings (SSSR count). The third-order valence-corrected chi connectivity index (χ3v) is 3.18. The molecule has 0 atom stereocenters. The number of hydrazine groups is 1. The molecule has 2 aromatic rings. The van der Waals surface area contributed by atoms with Crippen LogP contribution < -0.4 is 11.3 Å². The van der Waals surface area contributed by atoms with E-state index in [2.05, 4.69) is 15.4 Å². The minimum Gasteiger partial charge on any atom is -0.384 e. The van der Waals surface area contributed by atoms with Gasteiger partial charge in [0.2, 0.25) is 5.95 Å². The van der Waals surface area contributed by atoms with Gasteiger partial charge in [-0.15, -0.1) is 11.8 Å². The lowest BCUT2D eigenvalue weighted by molar-refractivity contribution is 0.218. The molecular formula is C11H14N4OS. The van der Waals surface area contributed by atoms with Crippen molar-refractivity contribution in [2.45, 2.75) is 5.03 Å². The van der Waals surface area contributed by atoms with Crippen LogP contribution in [0.2, 0.25) is 0 Å². The van der Waals surface area contributed by atoms with Gasteiger partial charge in [0.05, 0.1) is 12.1 Å². The summed E-state index contributed by atoms with van der Waals surface area (Å²) >= 11 is 1.63. The van der Waals surface area contributed by atoms with Crippen LogP contribution in [-0.2, 0) is 4.74 Å². The lowest BCUT2D eigenvalue weighted by atomic mass is 10.2. The van der Waals surface area contributed by atoms with E-state index in [0.717, 1.165) is 21.7 Å². The zero-order valence-electron chi connectivity index (χ0n) is 9.51. The number of para-hydroxylation sites is 1. The van der Waals surface area contributed by atoms with Gasteiger partial charge >= 0.3 is 0 Å². The molecule has 0 saturated heterocycles. The van der Waals surface area contributed by atoms with Gasteiger partial charge in [-0.1, -0.05) is 18.2 Å². The van der Waals surface area contributed by atoms with Gasteiger partial charge in [-0.05, 0) is 6.07 Å². The summed E-state index contributed by atoms with van der Waals surface area (Å²) in [4.78, 5) is 8.64. The minimum absolute atomic E-state index is 0.434. The van der Waals surface area contributed by atoms with E-state index in [1.54, 1.807) is 18.9 Å². The molecule has 0 amide bonds. The monoisotopic (exact) mass is 250 g/mol. The molecular weight excluding hydrogens is 236 g/mol. The molecule has 3 N–H and O–H groups in total. The van der Waals surface area contributed by atoms with Crippen molar-refractivity contribution in [3.05, 3.63) is 24.3 Å². The van der Waals surface area contributed by atoms with Gasteiger partial charge in [0, 0.05) is 18.2 Å². The Morgan fingerprint density at radius 3 is 2.94 bits per heavy atom. The molecule has 0 aliphatic rings. The van der Waals surface area contributed by atoms with Crippen molar-refractivity contribution in [3.8, 4) is 0 Å². The lowest BCUT2D eigenvalue weighted by Crippen LogP contribution is -2.11. The normalized spacial score (nSPS) is 10.7. The number of methoxy groups -OCH3 is 1. The van der Waals surface area contributed by atoms with Gasteiger partial charge in [0.1, 0.15) is 5.03 Å². The molecule has 1 aromatic heterocycles. The van der Waals surface area contributed by atoms with Crippen LogP contribution in [0.25, 0.3) is 10.9 Å². The second kappa shape index (κ2) is 5.81. The van der Waals surface area contributed by atoms with E-state index in [1.807, 2.05) is 24.3 Å². The molecule has 1 aromatic carbocycles. The molecule has 0 radical (unpaired) electrons. The average Bonchev–Trinajstić information content (AvgIpc) is 2.38. The number of aromatic nitrogens is 2. The number of ether oxygens (including phenoxy) is 1. The molecule has 90 valence electrons. The first-order chi connectivity index (χ1) is 8.35. The molecule has 17 heavy (non-hydrogen) atoms. The van der Waals surface area contributed by atoms with Crippen molar-refractivity contribution in [2.24, 2.45) is 5.84 Å². The average molecular weight is 250 g/mol. The van der Waals surface area contributed by atoms with Gasteiger partial charge in [-0.2, -0.15) is 0 Å². The van der Waals surface area contributed by atoms with Gasteiger partial charge in [-0.25, -0.2) is 15.8 Å². The van der Waals surface area contributed by atoms with Crippen molar-refractivity contribution in [1.29, 1.82) is 0 Å². The second-order valence-corrected chi connectivity index (χ2v) is 4.44. The SMILES string of the molecule is COCCSc1nc(NN)nc2ccccc12. The van der Waals surface area contributed by atoms with Gasteiger partial charge < -0.3 is 4.74 Å². The largest absolute Gasteiger partial charge is 0.384 e. The molecule has 0 fully saturated rings. The Bertz CT molecular complexity index is 506. The van der Waals surface area contributed by atoms with Crippen LogP contribution in [-0.4, -0.2) is 29.4 Å². The zero-order chi connectivity index (χ0) is 12.1. The number of anilines is 1. The highest BCUT2D eigenvalue weighted by Gasteiger charge is 2.06. The predicted octanol–water partition coefficient (Wildman–Crippen LogP) is 1.65. The highest BCUT2D eigenvalue weighted by molar-refractivity contribution is 7.99. The number of hydrogen-bond donors (Lipinski definition) is 2. The fourth-order valence-electron chi connectivity index (χ4n) is 1.44. The van der Waals surface area contributed by atoms with Gasteiger partial charge in [0.25, 0.3) is 0 Å². The van der Waals surface area contributed by atoms with Crippen molar-refractivity contribution in [3.63, 3.8) is 0 Å². The summed E-state index contributed by atoms with van der Waals surface area (Å²) in [5.41, 5.74) is 3.37. The number of nitrogens with one attached hydrogen (secondary N) is 1. The van der Waals surface area contributed by atoms with Gasteiger partial charge in [0.15, 0.2) is 0 Å². The topological polar surface area (TPSA) is 73.1 Å². The van der Waals surface area contributed by atoms with Crippen LogP contribution in [0.5, 0.6) is 0 Å². The first-order valence-corrected chi connectivity index (χ1v) is 6.19. The Morgan fingerprint density at radius 1 is 1.35 bits per heavy atom. The first-order valence-electron chi connectivity index (χ1n) is 5.20. The second-order valence-electron chi connectivity index (χ2n) is 3.36. The molecule has 0 unspecified atom stereocenters. The van der Waals surface area contributed by atoms with Crippen molar-refractivity contribution < 1.29 is 4.74 Å². The summed E-state index contributed by atoms with van der Waals surface area (Å²) < 4.78 is 5.03. The van der Waals surface area contributed by atoms with E-state index in [4.69, 9.17) is 10.6 Å². The van der Waals surface area contributed by atoms with E-state index in [-0.39, 0.29) is 0 Å². The molecule has 1 heterocycles. The smallest absolute Gasteiger partial charge is 0.238 e. The fraction of sp³-hybridized carbons (Fsp3) is 0.273. The Kier molecular flexibility index (Phi) is 4.13. The Hall–Kier alpha value is -1.37. The summed E-state index contributed by atoms with van der Waals surface area (Å²) in [5, 5.41) is 1.95. The molecule has 0 aliphatic heterocycles. The van der Waals surface area contributed by atoms with Crippen LogP contribution in [0.15, 0.2) is 29.3 Å². The maximum Gasteiger partial charge on any atom is 0.238 e. The van der Waals surface area contributed by atoms with Crippen LogP contribution in [0.3, 0.4) is 0 Å².